The lowest BCUT2D eigenvalue weighted by molar-refractivity contribution is -0.136. The molecule has 21 heavy (non-hydrogen) atoms. The fraction of sp³-hybridized carbons (Fsp3) is 0.429. The number of hydrogen-bond acceptors (Lipinski definition) is 6. The van der Waals surface area contributed by atoms with Crippen LogP contribution in [0.15, 0.2) is 15.4 Å². The number of thiazole rings is 1. The minimum atomic E-state index is -0.835. The van der Waals surface area contributed by atoms with Gasteiger partial charge >= 0.3 is 5.97 Å². The zero-order valence-electron chi connectivity index (χ0n) is 12.4. The molecule has 2 heterocycles. The Morgan fingerprint density at radius 2 is 2.05 bits per heavy atom. The first-order valence-corrected chi connectivity index (χ1v) is 8.20. The molecule has 2 rings (SSSR count). The first-order chi connectivity index (χ1) is 9.85. The van der Waals surface area contributed by atoms with E-state index < -0.39 is 5.97 Å². The highest BCUT2D eigenvalue weighted by Crippen LogP contribution is 2.32. The molecule has 0 radical (unpaired) electrons. The maximum Gasteiger partial charge on any atom is 0.308 e. The van der Waals surface area contributed by atoms with Crippen molar-refractivity contribution in [2.45, 2.75) is 49.4 Å². The molecule has 2 aromatic heterocycles. The van der Waals surface area contributed by atoms with Gasteiger partial charge < -0.3 is 5.11 Å². The molecule has 0 unspecified atom stereocenters. The fourth-order valence-electron chi connectivity index (χ4n) is 1.71. The summed E-state index contributed by atoms with van der Waals surface area (Å²) in [6.45, 7) is 7.90. The number of aryl methyl sites for hydroxylation is 2. The third-order valence-electron chi connectivity index (χ3n) is 2.74. The normalized spacial score (nSPS) is 11.1. The molecule has 7 heteroatoms. The molecule has 0 saturated heterocycles. The Kier molecular flexibility index (Phi) is 4.95. The van der Waals surface area contributed by atoms with E-state index in [4.69, 9.17) is 5.11 Å². The monoisotopic (exact) mass is 323 g/mol. The van der Waals surface area contributed by atoms with Crippen LogP contribution in [0, 0.1) is 13.8 Å². The smallest absolute Gasteiger partial charge is 0.308 e. The molecular weight excluding hydrogens is 306 g/mol. The number of carboxylic acids is 1. The van der Waals surface area contributed by atoms with Crippen LogP contribution in [0.25, 0.3) is 0 Å². The second kappa shape index (κ2) is 6.53. The third kappa shape index (κ3) is 4.25. The SMILES string of the molecule is Cc1cc(Sc2nc(C)c(CC(=O)O)s2)nc(C(C)C)n1. The predicted molar refractivity (Wildman–Crippen MR) is 83.2 cm³/mol. The van der Waals surface area contributed by atoms with Gasteiger partial charge in [0.2, 0.25) is 0 Å². The minimum Gasteiger partial charge on any atom is -0.481 e. The summed E-state index contributed by atoms with van der Waals surface area (Å²) in [4.78, 5) is 25.0. The van der Waals surface area contributed by atoms with Crippen molar-refractivity contribution in [2.24, 2.45) is 0 Å². The second-order valence-corrected chi connectivity index (χ2v) is 7.37. The Labute approximate surface area is 131 Å². The molecule has 0 atom stereocenters. The lowest BCUT2D eigenvalue weighted by Crippen LogP contribution is -2.00. The molecule has 0 aliphatic heterocycles. The Hall–Kier alpha value is -1.47. The standard InChI is InChI=1S/C14H17N3O2S2/c1-7(2)13-15-8(3)5-11(17-13)21-14-16-9(4)10(20-14)6-12(18)19/h5,7H,6H2,1-4H3,(H,18,19). The molecule has 0 amide bonds. The van der Waals surface area contributed by atoms with E-state index in [1.165, 1.54) is 23.1 Å². The van der Waals surface area contributed by atoms with Crippen molar-refractivity contribution in [3.63, 3.8) is 0 Å². The minimum absolute atomic E-state index is 0.0180. The van der Waals surface area contributed by atoms with Gasteiger partial charge in [-0.3, -0.25) is 4.79 Å². The van der Waals surface area contributed by atoms with Crippen molar-refractivity contribution >= 4 is 29.1 Å². The Bertz CT molecular complexity index is 668. The molecular formula is C14H17N3O2S2. The van der Waals surface area contributed by atoms with Crippen molar-refractivity contribution in [1.82, 2.24) is 15.0 Å². The average Bonchev–Trinajstić information content (AvgIpc) is 2.67. The van der Waals surface area contributed by atoms with E-state index in [-0.39, 0.29) is 12.3 Å². The first-order valence-electron chi connectivity index (χ1n) is 6.56. The largest absolute Gasteiger partial charge is 0.481 e. The molecule has 112 valence electrons. The van der Waals surface area contributed by atoms with E-state index in [1.807, 2.05) is 19.9 Å². The van der Waals surface area contributed by atoms with E-state index in [9.17, 15) is 4.79 Å². The van der Waals surface area contributed by atoms with Gasteiger partial charge in [0.15, 0.2) is 4.34 Å². The van der Waals surface area contributed by atoms with Crippen molar-refractivity contribution < 1.29 is 9.90 Å². The third-order valence-corrected chi connectivity index (χ3v) is 4.88. The van der Waals surface area contributed by atoms with Crippen LogP contribution in [0.3, 0.4) is 0 Å². The van der Waals surface area contributed by atoms with Crippen molar-refractivity contribution in [2.75, 3.05) is 0 Å². The van der Waals surface area contributed by atoms with E-state index in [2.05, 4.69) is 28.8 Å². The van der Waals surface area contributed by atoms with Crippen LogP contribution in [0.1, 0.15) is 41.9 Å². The zero-order chi connectivity index (χ0) is 15.6. The molecule has 2 aromatic rings. The van der Waals surface area contributed by atoms with E-state index >= 15 is 0 Å². The maximum absolute atomic E-state index is 10.8. The second-order valence-electron chi connectivity index (χ2n) is 5.02. The van der Waals surface area contributed by atoms with Crippen LogP contribution >= 0.6 is 23.1 Å². The summed E-state index contributed by atoms with van der Waals surface area (Å²) in [5.41, 5.74) is 1.70. The molecule has 5 nitrogen and oxygen atoms in total. The molecule has 0 aromatic carbocycles. The Balaban J connectivity index is 2.24. The number of carboxylic acid groups (broad SMARTS) is 1. The van der Waals surface area contributed by atoms with Gasteiger partial charge in [-0.2, -0.15) is 0 Å². The number of carbonyl (C=O) groups is 1. The van der Waals surface area contributed by atoms with Crippen molar-refractivity contribution in [3.8, 4) is 0 Å². The predicted octanol–water partition coefficient (Wildman–Crippen LogP) is 3.45. The van der Waals surface area contributed by atoms with Crippen LogP contribution in [0.4, 0.5) is 0 Å². The maximum atomic E-state index is 10.8. The highest BCUT2D eigenvalue weighted by atomic mass is 32.2. The van der Waals surface area contributed by atoms with Gasteiger partial charge in [0.25, 0.3) is 0 Å². The lowest BCUT2D eigenvalue weighted by atomic mass is 10.2. The van der Waals surface area contributed by atoms with Crippen LogP contribution in [-0.2, 0) is 11.2 Å². The van der Waals surface area contributed by atoms with Gasteiger partial charge in [0, 0.05) is 16.5 Å². The summed E-state index contributed by atoms with van der Waals surface area (Å²) in [5.74, 6) is 0.250. The fourth-order valence-corrected chi connectivity index (χ4v) is 3.95. The highest BCUT2D eigenvalue weighted by Gasteiger charge is 2.14. The van der Waals surface area contributed by atoms with Crippen LogP contribution in [0.2, 0.25) is 0 Å². The number of aromatic nitrogens is 3. The summed E-state index contributed by atoms with van der Waals surface area (Å²) in [6.07, 6.45) is 0.0180. The van der Waals surface area contributed by atoms with E-state index in [0.717, 1.165) is 31.5 Å². The molecule has 1 N–H and O–H groups in total. The highest BCUT2D eigenvalue weighted by molar-refractivity contribution is 8.01. The molecule has 0 saturated carbocycles. The van der Waals surface area contributed by atoms with Gasteiger partial charge in [-0.15, -0.1) is 11.3 Å². The van der Waals surface area contributed by atoms with E-state index in [1.54, 1.807) is 0 Å². The van der Waals surface area contributed by atoms with Gasteiger partial charge in [0.1, 0.15) is 10.9 Å². The number of nitrogens with zero attached hydrogens (tertiary/aromatic N) is 3. The summed E-state index contributed by atoms with van der Waals surface area (Å²) in [6, 6.07) is 1.92. The quantitative estimate of drug-likeness (QED) is 0.849. The topological polar surface area (TPSA) is 76.0 Å². The van der Waals surface area contributed by atoms with Gasteiger partial charge in [-0.25, -0.2) is 15.0 Å². The van der Waals surface area contributed by atoms with Crippen LogP contribution in [0.5, 0.6) is 0 Å². The van der Waals surface area contributed by atoms with Gasteiger partial charge in [0.05, 0.1) is 12.1 Å². The van der Waals surface area contributed by atoms with Crippen LogP contribution in [-0.4, -0.2) is 26.0 Å². The Morgan fingerprint density at radius 1 is 1.33 bits per heavy atom. The molecule has 0 bridgehead atoms. The van der Waals surface area contributed by atoms with Crippen molar-refractivity contribution in [1.29, 1.82) is 0 Å². The molecule has 0 spiro atoms. The molecule has 0 fully saturated rings. The van der Waals surface area contributed by atoms with Crippen molar-refractivity contribution in [3.05, 3.63) is 28.2 Å². The summed E-state index contributed by atoms with van der Waals surface area (Å²) >= 11 is 2.87. The average molecular weight is 323 g/mol. The number of hydrogen-bond donors (Lipinski definition) is 1. The first kappa shape index (κ1) is 15.9. The zero-order valence-corrected chi connectivity index (χ0v) is 14.0. The summed E-state index contributed by atoms with van der Waals surface area (Å²) in [7, 11) is 0. The van der Waals surface area contributed by atoms with E-state index in [0.29, 0.717) is 0 Å². The number of rotatable bonds is 5. The van der Waals surface area contributed by atoms with Crippen LogP contribution < -0.4 is 0 Å². The summed E-state index contributed by atoms with van der Waals surface area (Å²) < 4.78 is 0.816. The number of aliphatic carboxylic acids is 1. The molecule has 0 aliphatic carbocycles. The molecule has 0 aliphatic rings. The van der Waals surface area contributed by atoms with Gasteiger partial charge in [-0.05, 0) is 31.7 Å². The Morgan fingerprint density at radius 3 is 2.67 bits per heavy atom. The summed E-state index contributed by atoms with van der Waals surface area (Å²) in [5, 5.41) is 9.72. The lowest BCUT2D eigenvalue weighted by Gasteiger charge is -2.06. The van der Waals surface area contributed by atoms with Gasteiger partial charge in [-0.1, -0.05) is 13.8 Å².